The first-order valence-corrected chi connectivity index (χ1v) is 10.4. The fraction of sp³-hybridized carbons (Fsp3) is 0.368. The molecule has 3 rings (SSSR count). The first kappa shape index (κ1) is 18.0. The summed E-state index contributed by atoms with van der Waals surface area (Å²) < 4.78 is 40.1. The first-order valence-electron chi connectivity index (χ1n) is 8.47. The minimum absolute atomic E-state index is 0.00226. The van der Waals surface area contributed by atoms with Crippen LogP contribution < -0.4 is 10.0 Å². The van der Waals surface area contributed by atoms with Gasteiger partial charge in [-0.15, -0.1) is 0 Å². The highest BCUT2D eigenvalue weighted by molar-refractivity contribution is 7.88. The van der Waals surface area contributed by atoms with Crippen molar-refractivity contribution in [2.45, 2.75) is 31.3 Å². The maximum Gasteiger partial charge on any atom is 0.209 e. The molecule has 2 unspecified atom stereocenters. The van der Waals surface area contributed by atoms with Gasteiger partial charge < -0.3 is 5.32 Å². The van der Waals surface area contributed by atoms with Crippen LogP contribution in [0.15, 0.2) is 48.5 Å². The summed E-state index contributed by atoms with van der Waals surface area (Å²) in [6.07, 6.45) is 3.57. The van der Waals surface area contributed by atoms with Crippen molar-refractivity contribution in [3.8, 4) is 11.1 Å². The van der Waals surface area contributed by atoms with Crippen LogP contribution in [0.5, 0.6) is 0 Å². The lowest BCUT2D eigenvalue weighted by Crippen LogP contribution is -2.54. The van der Waals surface area contributed by atoms with Crippen molar-refractivity contribution >= 4 is 10.0 Å². The van der Waals surface area contributed by atoms with Crippen LogP contribution >= 0.6 is 0 Å². The van der Waals surface area contributed by atoms with Gasteiger partial charge in [0, 0.05) is 17.6 Å². The van der Waals surface area contributed by atoms with Gasteiger partial charge in [-0.2, -0.15) is 0 Å². The van der Waals surface area contributed by atoms with Crippen molar-refractivity contribution in [1.82, 2.24) is 10.0 Å². The lowest BCUT2D eigenvalue weighted by molar-refractivity contribution is 0.329. The molecule has 0 radical (unpaired) electrons. The van der Waals surface area contributed by atoms with Crippen molar-refractivity contribution in [2.24, 2.45) is 0 Å². The molecule has 2 atom stereocenters. The van der Waals surface area contributed by atoms with E-state index in [-0.39, 0.29) is 17.9 Å². The molecular weight excluding hydrogens is 339 g/mol. The Morgan fingerprint density at radius 1 is 1.20 bits per heavy atom. The molecule has 0 amide bonds. The topological polar surface area (TPSA) is 58.2 Å². The highest BCUT2D eigenvalue weighted by Crippen LogP contribution is 2.25. The third-order valence-corrected chi connectivity index (χ3v) is 5.25. The maximum atomic E-state index is 14.2. The van der Waals surface area contributed by atoms with Crippen molar-refractivity contribution in [1.29, 1.82) is 0 Å². The average molecular weight is 362 g/mol. The van der Waals surface area contributed by atoms with Gasteiger partial charge in [0.15, 0.2) is 0 Å². The summed E-state index contributed by atoms with van der Waals surface area (Å²) in [5.74, 6) is -0.252. The van der Waals surface area contributed by atoms with E-state index in [4.69, 9.17) is 0 Å². The Bertz CT molecular complexity index is 825. The Morgan fingerprint density at radius 2 is 1.96 bits per heavy atom. The third kappa shape index (κ3) is 4.87. The summed E-state index contributed by atoms with van der Waals surface area (Å²) in [7, 11) is -3.26. The molecule has 25 heavy (non-hydrogen) atoms. The molecule has 0 spiro atoms. The van der Waals surface area contributed by atoms with Gasteiger partial charge in [0.25, 0.3) is 0 Å². The second-order valence-corrected chi connectivity index (χ2v) is 8.36. The second-order valence-electron chi connectivity index (χ2n) is 6.58. The Hall–Kier alpha value is -1.76. The van der Waals surface area contributed by atoms with Crippen LogP contribution in [0.4, 0.5) is 4.39 Å². The predicted molar refractivity (Wildman–Crippen MR) is 98.3 cm³/mol. The Kier molecular flexibility index (Phi) is 5.51. The number of hydrogen-bond donors (Lipinski definition) is 2. The summed E-state index contributed by atoms with van der Waals surface area (Å²) in [6, 6.07) is 14.4. The second kappa shape index (κ2) is 7.64. The molecule has 2 aromatic carbocycles. The fourth-order valence-corrected chi connectivity index (χ4v) is 4.21. The van der Waals surface area contributed by atoms with Crippen molar-refractivity contribution in [2.75, 3.05) is 12.8 Å². The van der Waals surface area contributed by atoms with Gasteiger partial charge in [0.2, 0.25) is 10.0 Å². The van der Waals surface area contributed by atoms with Crippen LogP contribution in [0.3, 0.4) is 0 Å². The van der Waals surface area contributed by atoms with Gasteiger partial charge in [-0.05, 0) is 49.1 Å². The summed E-state index contributed by atoms with van der Waals surface area (Å²) >= 11 is 0. The standard InChI is InChI=1S/C19H23FN2O2S/c1-25(23,24)22-18-8-5-11-21-19(18)13-14-9-10-17(20)16(12-14)15-6-3-2-4-7-15/h2-4,6-7,9-10,12,18-19,21-22H,5,8,11,13H2,1H3. The lowest BCUT2D eigenvalue weighted by Gasteiger charge is -2.33. The summed E-state index contributed by atoms with van der Waals surface area (Å²) in [6.45, 7) is 0.860. The number of halogens is 1. The molecule has 0 bridgehead atoms. The zero-order valence-electron chi connectivity index (χ0n) is 14.2. The number of hydrogen-bond acceptors (Lipinski definition) is 3. The van der Waals surface area contributed by atoms with E-state index in [0.29, 0.717) is 12.0 Å². The van der Waals surface area contributed by atoms with Gasteiger partial charge in [-0.3, -0.25) is 0 Å². The molecule has 0 aliphatic carbocycles. The Labute approximate surface area is 148 Å². The fourth-order valence-electron chi connectivity index (χ4n) is 3.38. The number of rotatable bonds is 5. The van der Waals surface area contributed by atoms with E-state index in [1.54, 1.807) is 6.07 Å². The molecule has 6 heteroatoms. The lowest BCUT2D eigenvalue weighted by atomic mass is 9.92. The van der Waals surface area contributed by atoms with E-state index >= 15 is 0 Å². The maximum absolute atomic E-state index is 14.2. The van der Waals surface area contributed by atoms with E-state index < -0.39 is 10.0 Å². The SMILES string of the molecule is CS(=O)(=O)NC1CCCNC1Cc1ccc(F)c(-c2ccccc2)c1. The van der Waals surface area contributed by atoms with E-state index in [2.05, 4.69) is 10.0 Å². The summed E-state index contributed by atoms with van der Waals surface area (Å²) in [4.78, 5) is 0. The van der Waals surface area contributed by atoms with Crippen molar-refractivity contribution in [3.63, 3.8) is 0 Å². The Balaban J connectivity index is 1.82. The highest BCUT2D eigenvalue weighted by Gasteiger charge is 2.27. The zero-order chi connectivity index (χ0) is 17.9. The van der Waals surface area contributed by atoms with Crippen molar-refractivity contribution < 1.29 is 12.8 Å². The Morgan fingerprint density at radius 3 is 2.68 bits per heavy atom. The van der Waals surface area contributed by atoms with Crippen LogP contribution in [0, 0.1) is 5.82 Å². The van der Waals surface area contributed by atoms with E-state index in [1.807, 2.05) is 36.4 Å². The normalized spacial score (nSPS) is 21.2. The molecular formula is C19H23FN2O2S. The molecule has 2 N–H and O–H groups in total. The smallest absolute Gasteiger partial charge is 0.209 e. The number of benzene rings is 2. The van der Waals surface area contributed by atoms with Crippen LogP contribution in [0.1, 0.15) is 18.4 Å². The zero-order valence-corrected chi connectivity index (χ0v) is 15.0. The van der Waals surface area contributed by atoms with E-state index in [0.717, 1.165) is 30.5 Å². The highest BCUT2D eigenvalue weighted by atomic mass is 32.2. The van der Waals surface area contributed by atoms with Gasteiger partial charge in [-0.1, -0.05) is 36.4 Å². The molecule has 1 heterocycles. The molecule has 4 nitrogen and oxygen atoms in total. The van der Waals surface area contributed by atoms with E-state index in [1.165, 1.54) is 12.3 Å². The van der Waals surface area contributed by atoms with Crippen molar-refractivity contribution in [3.05, 3.63) is 59.9 Å². The molecule has 1 aliphatic heterocycles. The number of piperidine rings is 1. The first-order chi connectivity index (χ1) is 11.9. The molecule has 2 aromatic rings. The molecule has 1 aliphatic rings. The number of sulfonamides is 1. The monoisotopic (exact) mass is 362 g/mol. The number of nitrogens with one attached hydrogen (secondary N) is 2. The minimum atomic E-state index is -3.26. The average Bonchev–Trinajstić information content (AvgIpc) is 2.58. The van der Waals surface area contributed by atoms with Gasteiger partial charge in [0.1, 0.15) is 5.82 Å². The molecule has 0 saturated carbocycles. The van der Waals surface area contributed by atoms with Gasteiger partial charge >= 0.3 is 0 Å². The quantitative estimate of drug-likeness (QED) is 0.860. The molecule has 134 valence electrons. The van der Waals surface area contributed by atoms with Crippen LogP contribution in [0.2, 0.25) is 0 Å². The predicted octanol–water partition coefficient (Wildman–Crippen LogP) is 2.71. The third-order valence-electron chi connectivity index (χ3n) is 4.52. The summed E-state index contributed by atoms with van der Waals surface area (Å²) in [5.41, 5.74) is 2.39. The van der Waals surface area contributed by atoms with Gasteiger partial charge in [-0.25, -0.2) is 17.5 Å². The van der Waals surface area contributed by atoms with Gasteiger partial charge in [0.05, 0.1) is 6.26 Å². The molecule has 1 fully saturated rings. The minimum Gasteiger partial charge on any atom is -0.312 e. The van der Waals surface area contributed by atoms with Crippen LogP contribution in [-0.2, 0) is 16.4 Å². The molecule has 0 aromatic heterocycles. The summed E-state index contributed by atoms with van der Waals surface area (Å²) in [5, 5.41) is 3.39. The molecule has 1 saturated heterocycles. The largest absolute Gasteiger partial charge is 0.312 e. The van der Waals surface area contributed by atoms with E-state index in [9.17, 15) is 12.8 Å². The van der Waals surface area contributed by atoms with Crippen LogP contribution in [-0.4, -0.2) is 33.3 Å². The van der Waals surface area contributed by atoms with Crippen LogP contribution in [0.25, 0.3) is 11.1 Å².